The van der Waals surface area contributed by atoms with E-state index in [0.717, 1.165) is 17.8 Å². The molecule has 4 heteroatoms. The lowest BCUT2D eigenvalue weighted by molar-refractivity contribution is 0.384. The van der Waals surface area contributed by atoms with Gasteiger partial charge in [0, 0.05) is 30.1 Å². The number of aromatic nitrogens is 2. The Morgan fingerprint density at radius 1 is 1.36 bits per heavy atom. The zero-order chi connectivity index (χ0) is 15.9. The Kier molecular flexibility index (Phi) is 4.04. The molecule has 4 nitrogen and oxygen atoms in total. The Morgan fingerprint density at radius 2 is 2.09 bits per heavy atom. The predicted octanol–water partition coefficient (Wildman–Crippen LogP) is 3.15. The van der Waals surface area contributed by atoms with Gasteiger partial charge in [0.2, 0.25) is 0 Å². The molecule has 1 aliphatic carbocycles. The lowest BCUT2D eigenvalue weighted by Gasteiger charge is -2.29. The third kappa shape index (κ3) is 2.56. The zero-order valence-corrected chi connectivity index (χ0v) is 14.0. The molecule has 0 spiro atoms. The summed E-state index contributed by atoms with van der Waals surface area (Å²) >= 11 is 0. The first kappa shape index (κ1) is 15.2. The third-order valence-electron chi connectivity index (χ3n) is 4.65. The summed E-state index contributed by atoms with van der Waals surface area (Å²) in [5.74, 6) is 0.758. The van der Waals surface area contributed by atoms with E-state index >= 15 is 0 Å². The molecule has 1 fully saturated rings. The molecular formula is C18H25N3O. The maximum atomic E-state index is 12.7. The van der Waals surface area contributed by atoms with E-state index in [4.69, 9.17) is 0 Å². The highest BCUT2D eigenvalue weighted by Gasteiger charge is 2.26. The zero-order valence-electron chi connectivity index (χ0n) is 14.0. The van der Waals surface area contributed by atoms with Crippen molar-refractivity contribution in [3.63, 3.8) is 0 Å². The van der Waals surface area contributed by atoms with Gasteiger partial charge in [0.05, 0.1) is 0 Å². The van der Waals surface area contributed by atoms with Gasteiger partial charge in [-0.25, -0.2) is 4.98 Å². The Labute approximate surface area is 131 Å². The van der Waals surface area contributed by atoms with Crippen LogP contribution in [0, 0.1) is 0 Å². The molecule has 0 amide bonds. The smallest absolute Gasteiger partial charge is 0.261 e. The molecule has 2 aromatic heterocycles. The van der Waals surface area contributed by atoms with Crippen molar-refractivity contribution >= 4 is 5.65 Å². The molecule has 0 bridgehead atoms. The fourth-order valence-corrected chi connectivity index (χ4v) is 3.24. The van der Waals surface area contributed by atoms with Crippen LogP contribution in [0.3, 0.4) is 0 Å². The van der Waals surface area contributed by atoms with Crippen LogP contribution in [0.15, 0.2) is 23.3 Å². The summed E-state index contributed by atoms with van der Waals surface area (Å²) < 4.78 is 1.75. The van der Waals surface area contributed by atoms with Gasteiger partial charge < -0.3 is 4.90 Å². The molecule has 0 saturated heterocycles. The highest BCUT2D eigenvalue weighted by molar-refractivity contribution is 5.54. The second-order valence-electron chi connectivity index (χ2n) is 6.99. The monoisotopic (exact) mass is 299 g/mol. The van der Waals surface area contributed by atoms with Crippen LogP contribution in [0.4, 0.5) is 0 Å². The Hall–Kier alpha value is -1.68. The van der Waals surface area contributed by atoms with E-state index in [1.54, 1.807) is 10.6 Å². The van der Waals surface area contributed by atoms with Crippen LogP contribution < -0.4 is 5.56 Å². The van der Waals surface area contributed by atoms with Crippen molar-refractivity contribution in [2.75, 3.05) is 14.1 Å². The molecule has 2 heterocycles. The third-order valence-corrected chi connectivity index (χ3v) is 4.65. The van der Waals surface area contributed by atoms with Gasteiger partial charge >= 0.3 is 0 Å². The second kappa shape index (κ2) is 5.84. The van der Waals surface area contributed by atoms with E-state index in [2.05, 4.69) is 30.0 Å². The first-order valence-corrected chi connectivity index (χ1v) is 8.16. The molecule has 22 heavy (non-hydrogen) atoms. The van der Waals surface area contributed by atoms with E-state index in [1.807, 2.05) is 20.0 Å². The molecule has 1 saturated carbocycles. The summed E-state index contributed by atoms with van der Waals surface area (Å²) in [4.78, 5) is 19.6. The Morgan fingerprint density at radius 3 is 2.64 bits per heavy atom. The van der Waals surface area contributed by atoms with Crippen LogP contribution in [-0.2, 0) is 6.54 Å². The van der Waals surface area contributed by atoms with Crippen LogP contribution in [0.5, 0.6) is 0 Å². The van der Waals surface area contributed by atoms with Crippen molar-refractivity contribution in [1.29, 1.82) is 0 Å². The van der Waals surface area contributed by atoms with Gasteiger partial charge in [0.15, 0.2) is 0 Å². The standard InChI is InChI=1S/C18H25N3O/c1-12(2)15-10-19-17-16(13-6-5-7-13)14(11-20(3)4)8-9-21(17)18(15)22/h8-10,12-13H,5-7,11H2,1-4H3. The fraction of sp³-hybridized carbons (Fsp3) is 0.556. The van der Waals surface area contributed by atoms with Crippen molar-refractivity contribution < 1.29 is 0 Å². The highest BCUT2D eigenvalue weighted by Crippen LogP contribution is 2.39. The maximum absolute atomic E-state index is 12.7. The van der Waals surface area contributed by atoms with Crippen LogP contribution in [0.2, 0.25) is 0 Å². The lowest BCUT2D eigenvalue weighted by Crippen LogP contribution is -2.24. The van der Waals surface area contributed by atoms with E-state index in [0.29, 0.717) is 5.92 Å². The van der Waals surface area contributed by atoms with E-state index in [9.17, 15) is 4.79 Å². The van der Waals surface area contributed by atoms with E-state index in [1.165, 1.54) is 30.4 Å². The summed E-state index contributed by atoms with van der Waals surface area (Å²) in [6.07, 6.45) is 7.38. The molecule has 0 radical (unpaired) electrons. The minimum Gasteiger partial charge on any atom is -0.305 e. The molecule has 2 aromatic rings. The summed E-state index contributed by atoms with van der Waals surface area (Å²) in [6.45, 7) is 4.97. The summed E-state index contributed by atoms with van der Waals surface area (Å²) in [5, 5.41) is 0. The number of nitrogens with zero attached hydrogens (tertiary/aromatic N) is 3. The first-order valence-electron chi connectivity index (χ1n) is 8.16. The predicted molar refractivity (Wildman–Crippen MR) is 89.5 cm³/mol. The summed E-state index contributed by atoms with van der Waals surface area (Å²) in [7, 11) is 4.16. The van der Waals surface area contributed by atoms with E-state index in [-0.39, 0.29) is 11.5 Å². The second-order valence-corrected chi connectivity index (χ2v) is 6.99. The van der Waals surface area contributed by atoms with Crippen LogP contribution >= 0.6 is 0 Å². The fourth-order valence-electron chi connectivity index (χ4n) is 3.24. The van der Waals surface area contributed by atoms with Crippen molar-refractivity contribution in [2.24, 2.45) is 0 Å². The average molecular weight is 299 g/mol. The summed E-state index contributed by atoms with van der Waals surface area (Å²) in [5.41, 5.74) is 4.32. The van der Waals surface area contributed by atoms with Crippen molar-refractivity contribution in [2.45, 2.75) is 51.5 Å². The molecule has 0 aromatic carbocycles. The number of rotatable bonds is 4. The largest absolute Gasteiger partial charge is 0.305 e. The highest BCUT2D eigenvalue weighted by atomic mass is 16.1. The van der Waals surface area contributed by atoms with Crippen molar-refractivity contribution in [3.05, 3.63) is 45.5 Å². The molecule has 3 rings (SSSR count). The van der Waals surface area contributed by atoms with Crippen LogP contribution in [0.1, 0.15) is 61.6 Å². The van der Waals surface area contributed by atoms with Gasteiger partial charge in [-0.05, 0) is 50.4 Å². The quantitative estimate of drug-likeness (QED) is 0.870. The number of pyridine rings is 1. The molecule has 0 unspecified atom stereocenters. The normalized spacial score (nSPS) is 15.7. The molecule has 1 aliphatic rings. The maximum Gasteiger partial charge on any atom is 0.261 e. The Balaban J connectivity index is 2.23. The molecule has 118 valence electrons. The van der Waals surface area contributed by atoms with Crippen LogP contribution in [-0.4, -0.2) is 28.4 Å². The van der Waals surface area contributed by atoms with Crippen molar-refractivity contribution in [1.82, 2.24) is 14.3 Å². The van der Waals surface area contributed by atoms with Gasteiger partial charge in [-0.2, -0.15) is 0 Å². The van der Waals surface area contributed by atoms with Gasteiger partial charge in [-0.1, -0.05) is 20.3 Å². The van der Waals surface area contributed by atoms with Gasteiger partial charge in [0.1, 0.15) is 5.65 Å². The SMILES string of the molecule is CC(C)c1cnc2c(C3CCC3)c(CN(C)C)ccn2c1=O. The molecule has 0 aliphatic heterocycles. The van der Waals surface area contributed by atoms with Gasteiger partial charge in [-0.15, -0.1) is 0 Å². The first-order chi connectivity index (χ1) is 10.5. The Bertz CT molecular complexity index is 742. The van der Waals surface area contributed by atoms with Crippen molar-refractivity contribution in [3.8, 4) is 0 Å². The van der Waals surface area contributed by atoms with Gasteiger partial charge in [0.25, 0.3) is 5.56 Å². The molecular weight excluding hydrogens is 274 g/mol. The van der Waals surface area contributed by atoms with Gasteiger partial charge in [-0.3, -0.25) is 9.20 Å². The molecule has 0 N–H and O–H groups in total. The van der Waals surface area contributed by atoms with E-state index < -0.39 is 0 Å². The topological polar surface area (TPSA) is 37.6 Å². The minimum absolute atomic E-state index is 0.0805. The summed E-state index contributed by atoms with van der Waals surface area (Å²) in [6, 6.07) is 2.10. The minimum atomic E-state index is 0.0805. The van der Waals surface area contributed by atoms with Crippen LogP contribution in [0.25, 0.3) is 5.65 Å². The number of hydrogen-bond donors (Lipinski definition) is 0. The number of hydrogen-bond acceptors (Lipinski definition) is 3. The number of fused-ring (bicyclic) bond motifs is 1. The molecule has 0 atom stereocenters. The lowest BCUT2D eigenvalue weighted by atomic mass is 9.78. The average Bonchev–Trinajstić information content (AvgIpc) is 2.38.